The summed E-state index contributed by atoms with van der Waals surface area (Å²) in [5.41, 5.74) is -0.875. The van der Waals surface area contributed by atoms with Gasteiger partial charge in [-0.25, -0.2) is 0 Å². The molecule has 2 unspecified atom stereocenters. The molecule has 1 spiro atoms. The number of hydrogen-bond acceptors (Lipinski definition) is 7. The first-order valence-corrected chi connectivity index (χ1v) is 13.2. The zero-order chi connectivity index (χ0) is 27.1. The van der Waals surface area contributed by atoms with Crippen LogP contribution < -0.4 is 10.1 Å². The summed E-state index contributed by atoms with van der Waals surface area (Å²) in [5.74, 6) is -2.37. The van der Waals surface area contributed by atoms with E-state index in [0.717, 1.165) is 0 Å². The maximum absolute atomic E-state index is 14.3. The third-order valence-electron chi connectivity index (χ3n) is 8.46. The topological polar surface area (TPSA) is 114 Å². The van der Waals surface area contributed by atoms with E-state index >= 15 is 0 Å². The van der Waals surface area contributed by atoms with Crippen molar-refractivity contribution in [2.45, 2.75) is 56.4 Å². The van der Waals surface area contributed by atoms with Gasteiger partial charge in [0.2, 0.25) is 11.8 Å². The molecule has 3 saturated heterocycles. The smallest absolute Gasteiger partial charge is 0.312 e. The monoisotopic (exact) mass is 522 g/mol. The lowest BCUT2D eigenvalue weighted by Crippen LogP contribution is -2.54. The summed E-state index contributed by atoms with van der Waals surface area (Å²) < 4.78 is 17.4. The van der Waals surface area contributed by atoms with Crippen LogP contribution in [0.4, 0.5) is 5.69 Å². The quantitative estimate of drug-likeness (QED) is 0.487. The first-order valence-electron chi connectivity index (χ1n) is 13.2. The summed E-state index contributed by atoms with van der Waals surface area (Å²) in [5, 5.41) is 13.5. The fourth-order valence-electron chi connectivity index (χ4n) is 6.80. The van der Waals surface area contributed by atoms with Gasteiger partial charge in [0.05, 0.1) is 37.9 Å². The lowest BCUT2D eigenvalue weighted by atomic mass is 9.65. The highest BCUT2D eigenvalue weighted by Crippen LogP contribution is 2.65. The highest BCUT2D eigenvalue weighted by atomic mass is 16.6. The van der Waals surface area contributed by atoms with Crippen molar-refractivity contribution in [3.8, 4) is 5.75 Å². The van der Waals surface area contributed by atoms with E-state index in [0.29, 0.717) is 36.3 Å². The number of aliphatic hydroxyl groups is 1. The van der Waals surface area contributed by atoms with Crippen LogP contribution in [0, 0.1) is 11.8 Å². The molecule has 2 amide bonds. The number of rotatable bonds is 9. The van der Waals surface area contributed by atoms with Gasteiger partial charge in [-0.05, 0) is 56.0 Å². The van der Waals surface area contributed by atoms with E-state index in [1.54, 1.807) is 38.3 Å². The predicted molar refractivity (Wildman–Crippen MR) is 138 cm³/mol. The average molecular weight is 523 g/mol. The molecule has 9 nitrogen and oxygen atoms in total. The van der Waals surface area contributed by atoms with Gasteiger partial charge in [0.15, 0.2) is 0 Å². The van der Waals surface area contributed by atoms with E-state index < -0.39 is 53.6 Å². The number of ether oxygens (including phenoxy) is 3. The molecule has 202 valence electrons. The number of nitrogens with zero attached hydrogens (tertiary/aromatic N) is 1. The molecule has 38 heavy (non-hydrogen) atoms. The predicted octanol–water partition coefficient (Wildman–Crippen LogP) is 3.09. The third kappa shape index (κ3) is 3.87. The Morgan fingerprint density at radius 1 is 1.13 bits per heavy atom. The first-order chi connectivity index (χ1) is 18.4. The lowest BCUT2D eigenvalue weighted by Gasteiger charge is -2.37. The lowest BCUT2D eigenvalue weighted by molar-refractivity contribution is -0.161. The number of benzene rings is 2. The zero-order valence-electron chi connectivity index (χ0n) is 21.9. The number of methoxy groups -OCH3 is 1. The standard InChI is InChI=1S/C29H34N2O7/c1-4-28-15-16-29(38-28)22(23(28)27(35)37-5-2)26(34)31(21(17-32)18-9-7-6-8-10-18)24(29)25(33)30-19-11-13-20(36-3)14-12-19/h6-14,21-24,32H,4-5,15-17H2,1-3H3,(H,30,33)/t21-,22+,23-,24?,28+,29?/m1/s1. The third-order valence-corrected chi connectivity index (χ3v) is 8.46. The van der Waals surface area contributed by atoms with Crippen LogP contribution in [0.5, 0.6) is 5.75 Å². The minimum Gasteiger partial charge on any atom is -0.497 e. The largest absolute Gasteiger partial charge is 0.497 e. The van der Waals surface area contributed by atoms with E-state index in [2.05, 4.69) is 5.32 Å². The van der Waals surface area contributed by atoms with E-state index in [9.17, 15) is 19.5 Å². The van der Waals surface area contributed by atoms with Crippen LogP contribution in [0.1, 0.15) is 44.7 Å². The number of nitrogens with one attached hydrogen (secondary N) is 1. The van der Waals surface area contributed by atoms with Gasteiger partial charge < -0.3 is 29.5 Å². The Morgan fingerprint density at radius 2 is 1.84 bits per heavy atom. The van der Waals surface area contributed by atoms with Crippen LogP contribution in [0.25, 0.3) is 0 Å². The van der Waals surface area contributed by atoms with Crippen LogP contribution >= 0.6 is 0 Å². The number of aliphatic hydroxyl groups excluding tert-OH is 1. The number of carbonyl (C=O) groups is 3. The molecule has 0 aromatic heterocycles. The minimum atomic E-state index is -1.22. The summed E-state index contributed by atoms with van der Waals surface area (Å²) >= 11 is 0. The van der Waals surface area contributed by atoms with E-state index in [-0.39, 0.29) is 12.5 Å². The second-order valence-electron chi connectivity index (χ2n) is 10.2. The van der Waals surface area contributed by atoms with Crippen molar-refractivity contribution in [2.24, 2.45) is 11.8 Å². The van der Waals surface area contributed by atoms with E-state index in [4.69, 9.17) is 14.2 Å². The Balaban J connectivity index is 1.60. The Labute approximate surface area is 222 Å². The molecule has 2 bridgehead atoms. The van der Waals surface area contributed by atoms with Crippen LogP contribution in [0.3, 0.4) is 0 Å². The molecule has 2 aromatic rings. The van der Waals surface area contributed by atoms with Crippen molar-refractivity contribution >= 4 is 23.5 Å². The molecule has 0 radical (unpaired) electrons. The van der Waals surface area contributed by atoms with Crippen molar-refractivity contribution in [1.29, 1.82) is 0 Å². The highest BCUT2D eigenvalue weighted by Gasteiger charge is 2.79. The minimum absolute atomic E-state index is 0.178. The summed E-state index contributed by atoms with van der Waals surface area (Å²) in [6.07, 6.45) is 1.49. The second kappa shape index (κ2) is 10.0. The van der Waals surface area contributed by atoms with Crippen LogP contribution in [-0.4, -0.2) is 65.4 Å². The molecule has 9 heteroatoms. The number of hydrogen-bond donors (Lipinski definition) is 2. The molecule has 2 aromatic carbocycles. The highest BCUT2D eigenvalue weighted by molar-refractivity contribution is 6.03. The van der Waals surface area contributed by atoms with Crippen molar-refractivity contribution in [3.63, 3.8) is 0 Å². The van der Waals surface area contributed by atoms with Gasteiger partial charge in [-0.2, -0.15) is 0 Å². The molecular formula is C29H34N2O7. The fraction of sp³-hybridized carbons (Fsp3) is 0.483. The Morgan fingerprint density at radius 3 is 2.45 bits per heavy atom. The molecule has 2 N–H and O–H groups in total. The fourth-order valence-corrected chi connectivity index (χ4v) is 6.80. The van der Waals surface area contributed by atoms with Gasteiger partial charge in [-0.3, -0.25) is 14.4 Å². The molecule has 0 aliphatic carbocycles. The second-order valence-corrected chi connectivity index (χ2v) is 10.2. The summed E-state index contributed by atoms with van der Waals surface area (Å²) in [6, 6.07) is 14.2. The first kappa shape index (κ1) is 26.2. The van der Waals surface area contributed by atoms with Crippen molar-refractivity contribution in [2.75, 3.05) is 25.6 Å². The molecular weight excluding hydrogens is 488 g/mol. The van der Waals surface area contributed by atoms with E-state index in [1.165, 1.54) is 4.90 Å². The van der Waals surface area contributed by atoms with Gasteiger partial charge in [0, 0.05) is 5.69 Å². The van der Waals surface area contributed by atoms with Gasteiger partial charge in [-0.15, -0.1) is 0 Å². The van der Waals surface area contributed by atoms with Crippen molar-refractivity contribution in [3.05, 3.63) is 60.2 Å². The van der Waals surface area contributed by atoms with Gasteiger partial charge in [-0.1, -0.05) is 37.3 Å². The average Bonchev–Trinajstić information content (AvgIpc) is 3.54. The molecule has 3 aliphatic heterocycles. The SMILES string of the molecule is CCOC(=O)[C@H]1[C@H]2C(=O)N([C@H](CO)c3ccccc3)C(C(=O)Nc3ccc(OC)cc3)C23CC[C@]1(CC)O3. The molecule has 5 rings (SSSR count). The normalized spacial score (nSPS) is 30.2. The zero-order valence-corrected chi connectivity index (χ0v) is 21.9. The number of amides is 2. The van der Waals surface area contributed by atoms with Gasteiger partial charge in [0.25, 0.3) is 0 Å². The summed E-state index contributed by atoms with van der Waals surface area (Å²) in [4.78, 5) is 43.1. The molecule has 6 atom stereocenters. The maximum atomic E-state index is 14.3. The Hall–Kier alpha value is -3.43. The Kier molecular flexibility index (Phi) is 6.92. The molecule has 3 fully saturated rings. The van der Waals surface area contributed by atoms with Crippen molar-refractivity contribution in [1.82, 2.24) is 4.90 Å². The molecule has 3 aliphatic rings. The number of carbonyl (C=O) groups excluding carboxylic acids is 3. The van der Waals surface area contributed by atoms with E-state index in [1.807, 2.05) is 37.3 Å². The molecule has 3 heterocycles. The number of anilines is 1. The van der Waals surface area contributed by atoms with Crippen LogP contribution in [0.15, 0.2) is 54.6 Å². The Bertz CT molecular complexity index is 1200. The number of fused-ring (bicyclic) bond motifs is 1. The maximum Gasteiger partial charge on any atom is 0.312 e. The van der Waals surface area contributed by atoms with Crippen LogP contribution in [-0.2, 0) is 23.9 Å². The number of likely N-dealkylation sites (tertiary alicyclic amines) is 1. The molecule has 0 saturated carbocycles. The van der Waals surface area contributed by atoms with Crippen LogP contribution in [0.2, 0.25) is 0 Å². The number of esters is 1. The van der Waals surface area contributed by atoms with Gasteiger partial charge in [0.1, 0.15) is 23.3 Å². The van der Waals surface area contributed by atoms with Gasteiger partial charge >= 0.3 is 5.97 Å². The summed E-state index contributed by atoms with van der Waals surface area (Å²) in [7, 11) is 1.56. The summed E-state index contributed by atoms with van der Waals surface area (Å²) in [6.45, 7) is 3.44. The van der Waals surface area contributed by atoms with Crippen molar-refractivity contribution < 1.29 is 33.7 Å².